The molecular weight excluding hydrogens is 276 g/mol. The van der Waals surface area contributed by atoms with Crippen LogP contribution in [0.25, 0.3) is 0 Å². The third-order valence-corrected chi connectivity index (χ3v) is 6.34. The van der Waals surface area contributed by atoms with E-state index in [2.05, 4.69) is 11.6 Å². The number of rotatable bonds is 5. The molecule has 6 heteroatoms. The van der Waals surface area contributed by atoms with Crippen molar-refractivity contribution in [2.24, 2.45) is 11.3 Å². The summed E-state index contributed by atoms with van der Waals surface area (Å²) < 4.78 is 0.233. The summed E-state index contributed by atoms with van der Waals surface area (Å²) in [6, 6.07) is -0.117. The molecule has 0 aromatic rings. The minimum Gasteiger partial charge on any atom is -0.481 e. The Bertz CT molecular complexity index is 409. The molecule has 0 bridgehead atoms. The molecule has 2 fully saturated rings. The van der Waals surface area contributed by atoms with Crippen LogP contribution in [-0.2, 0) is 4.79 Å². The zero-order valence-electron chi connectivity index (χ0n) is 12.4. The minimum atomic E-state index is -0.787. The van der Waals surface area contributed by atoms with E-state index < -0.39 is 11.4 Å². The Balaban J connectivity index is 1.91. The lowest BCUT2D eigenvalue weighted by molar-refractivity contribution is -0.150. The molecule has 1 saturated carbocycles. The Morgan fingerprint density at radius 1 is 1.35 bits per heavy atom. The van der Waals surface area contributed by atoms with Gasteiger partial charge in [-0.1, -0.05) is 13.8 Å². The number of likely N-dealkylation sites (tertiary alicyclic amines) is 1. The molecule has 0 radical (unpaired) electrons. The van der Waals surface area contributed by atoms with Crippen LogP contribution in [0.1, 0.15) is 33.1 Å². The van der Waals surface area contributed by atoms with E-state index >= 15 is 0 Å². The standard InChI is InChI=1S/C14H24N2O3S/c1-10(2)14(11(17)18)6-7-16(9-14)12(19)15-8-13(20-3)4-5-13/h10H,4-9H2,1-3H3,(H,15,19)(H,17,18). The zero-order valence-corrected chi connectivity index (χ0v) is 13.3. The molecule has 114 valence electrons. The van der Waals surface area contributed by atoms with Gasteiger partial charge in [0, 0.05) is 24.4 Å². The number of carboxylic acids is 1. The van der Waals surface area contributed by atoms with Crippen molar-refractivity contribution in [3.05, 3.63) is 0 Å². The number of hydrogen-bond acceptors (Lipinski definition) is 3. The summed E-state index contributed by atoms with van der Waals surface area (Å²) in [6.45, 7) is 5.37. The average molecular weight is 300 g/mol. The van der Waals surface area contributed by atoms with Gasteiger partial charge in [0.2, 0.25) is 0 Å². The van der Waals surface area contributed by atoms with E-state index in [4.69, 9.17) is 0 Å². The first-order chi connectivity index (χ1) is 9.35. The highest BCUT2D eigenvalue weighted by atomic mass is 32.2. The number of aliphatic carboxylic acids is 1. The summed E-state index contributed by atoms with van der Waals surface area (Å²) in [6.07, 6.45) is 4.92. The third-order valence-electron chi connectivity index (χ3n) is 4.92. The van der Waals surface area contributed by atoms with Gasteiger partial charge in [-0.3, -0.25) is 4.79 Å². The molecule has 1 unspecified atom stereocenters. The van der Waals surface area contributed by atoms with E-state index in [1.54, 1.807) is 16.7 Å². The van der Waals surface area contributed by atoms with Crippen molar-refractivity contribution in [2.75, 3.05) is 25.9 Å². The quantitative estimate of drug-likeness (QED) is 0.815. The second-order valence-electron chi connectivity index (χ2n) is 6.33. The van der Waals surface area contributed by atoms with Crippen LogP contribution in [0.5, 0.6) is 0 Å². The summed E-state index contributed by atoms with van der Waals surface area (Å²) in [5, 5.41) is 12.4. The van der Waals surface area contributed by atoms with Gasteiger partial charge in [-0.05, 0) is 31.4 Å². The van der Waals surface area contributed by atoms with Crippen LogP contribution in [0, 0.1) is 11.3 Å². The van der Waals surface area contributed by atoms with E-state index in [0.29, 0.717) is 26.1 Å². The van der Waals surface area contributed by atoms with Gasteiger partial charge in [0.05, 0.1) is 5.41 Å². The van der Waals surface area contributed by atoms with Gasteiger partial charge >= 0.3 is 12.0 Å². The first kappa shape index (κ1) is 15.5. The van der Waals surface area contributed by atoms with Gasteiger partial charge in [-0.25, -0.2) is 4.79 Å². The Morgan fingerprint density at radius 2 is 2.00 bits per heavy atom. The van der Waals surface area contributed by atoms with E-state index in [1.807, 2.05) is 13.8 Å². The lowest BCUT2D eigenvalue weighted by atomic mass is 9.76. The molecule has 0 spiro atoms. The number of carboxylic acid groups (broad SMARTS) is 1. The van der Waals surface area contributed by atoms with E-state index in [0.717, 1.165) is 12.8 Å². The van der Waals surface area contributed by atoms with Crippen molar-refractivity contribution in [2.45, 2.75) is 37.9 Å². The number of nitrogens with zero attached hydrogens (tertiary/aromatic N) is 1. The zero-order chi connectivity index (χ0) is 15.0. The fourth-order valence-corrected chi connectivity index (χ4v) is 3.57. The summed E-state index contributed by atoms with van der Waals surface area (Å²) in [7, 11) is 0. The van der Waals surface area contributed by atoms with Crippen molar-refractivity contribution in [1.29, 1.82) is 0 Å². The van der Waals surface area contributed by atoms with Crippen molar-refractivity contribution in [1.82, 2.24) is 10.2 Å². The summed E-state index contributed by atoms with van der Waals surface area (Å²) in [4.78, 5) is 25.4. The van der Waals surface area contributed by atoms with E-state index in [1.165, 1.54) is 0 Å². The van der Waals surface area contributed by atoms with Gasteiger partial charge in [-0.15, -0.1) is 0 Å². The smallest absolute Gasteiger partial charge is 0.317 e. The van der Waals surface area contributed by atoms with Gasteiger partial charge in [0.25, 0.3) is 0 Å². The Hall–Kier alpha value is -0.910. The summed E-state index contributed by atoms with van der Waals surface area (Å²) in [5.74, 6) is -0.760. The maximum atomic E-state index is 12.2. The van der Waals surface area contributed by atoms with Crippen molar-refractivity contribution >= 4 is 23.8 Å². The molecule has 0 aromatic carbocycles. The number of amides is 2. The molecule has 0 aromatic heterocycles. The highest BCUT2D eigenvalue weighted by Gasteiger charge is 2.49. The SMILES string of the molecule is CSC1(CNC(=O)N2CCC(C(=O)O)(C(C)C)C2)CC1. The second kappa shape index (κ2) is 5.47. The van der Waals surface area contributed by atoms with Crippen molar-refractivity contribution < 1.29 is 14.7 Å². The van der Waals surface area contributed by atoms with Gasteiger partial charge in [-0.2, -0.15) is 11.8 Å². The number of carbonyl (C=O) groups is 2. The predicted molar refractivity (Wildman–Crippen MR) is 80.0 cm³/mol. The average Bonchev–Trinajstić information content (AvgIpc) is 3.03. The molecule has 2 amide bonds. The maximum Gasteiger partial charge on any atom is 0.317 e. The number of hydrogen-bond donors (Lipinski definition) is 2. The Labute approximate surface area is 124 Å². The molecule has 2 aliphatic rings. The highest BCUT2D eigenvalue weighted by Crippen LogP contribution is 2.46. The van der Waals surface area contributed by atoms with E-state index in [9.17, 15) is 14.7 Å². The largest absolute Gasteiger partial charge is 0.481 e. The number of thioether (sulfide) groups is 1. The number of carbonyl (C=O) groups excluding carboxylic acids is 1. The molecule has 2 rings (SSSR count). The fraction of sp³-hybridized carbons (Fsp3) is 0.857. The van der Waals surface area contributed by atoms with Crippen LogP contribution in [0.2, 0.25) is 0 Å². The van der Waals surface area contributed by atoms with E-state index in [-0.39, 0.29) is 16.7 Å². The highest BCUT2D eigenvalue weighted by molar-refractivity contribution is 8.00. The molecule has 2 N–H and O–H groups in total. The van der Waals surface area contributed by atoms with Gasteiger partial charge in [0.15, 0.2) is 0 Å². The molecule has 5 nitrogen and oxygen atoms in total. The first-order valence-electron chi connectivity index (χ1n) is 7.16. The minimum absolute atomic E-state index is 0.0266. The molecule has 1 aliphatic carbocycles. The topological polar surface area (TPSA) is 69.6 Å². The Kier molecular flexibility index (Phi) is 4.23. The van der Waals surface area contributed by atoms with Gasteiger partial charge < -0.3 is 15.3 Å². The van der Waals surface area contributed by atoms with Crippen molar-refractivity contribution in [3.8, 4) is 0 Å². The Morgan fingerprint density at radius 3 is 2.40 bits per heavy atom. The maximum absolute atomic E-state index is 12.2. The lowest BCUT2D eigenvalue weighted by Gasteiger charge is -2.28. The van der Waals surface area contributed by atoms with Crippen LogP contribution >= 0.6 is 11.8 Å². The van der Waals surface area contributed by atoms with Crippen LogP contribution in [0.3, 0.4) is 0 Å². The molecule has 1 saturated heterocycles. The first-order valence-corrected chi connectivity index (χ1v) is 8.39. The molecule has 20 heavy (non-hydrogen) atoms. The second-order valence-corrected chi connectivity index (χ2v) is 7.61. The lowest BCUT2D eigenvalue weighted by Crippen LogP contribution is -2.45. The number of nitrogens with one attached hydrogen (secondary N) is 1. The van der Waals surface area contributed by atoms with Crippen LogP contribution in [0.15, 0.2) is 0 Å². The predicted octanol–water partition coefficient (Wildman–Crippen LogP) is 2.02. The van der Waals surface area contributed by atoms with Crippen molar-refractivity contribution in [3.63, 3.8) is 0 Å². The number of urea groups is 1. The van der Waals surface area contributed by atoms with Crippen LogP contribution in [0.4, 0.5) is 4.79 Å². The molecule has 1 aliphatic heterocycles. The molecular formula is C14H24N2O3S. The third kappa shape index (κ3) is 2.75. The van der Waals surface area contributed by atoms with Crippen LogP contribution in [-0.4, -0.2) is 52.6 Å². The van der Waals surface area contributed by atoms with Gasteiger partial charge in [0.1, 0.15) is 0 Å². The molecule has 1 atom stereocenters. The molecule has 1 heterocycles. The normalized spacial score (nSPS) is 27.7. The summed E-state index contributed by atoms with van der Waals surface area (Å²) >= 11 is 1.80. The van der Waals surface area contributed by atoms with Crippen LogP contribution < -0.4 is 5.32 Å². The monoisotopic (exact) mass is 300 g/mol. The fourth-order valence-electron chi connectivity index (χ4n) is 2.84. The summed E-state index contributed by atoms with van der Waals surface area (Å²) in [5.41, 5.74) is -0.784.